The lowest BCUT2D eigenvalue weighted by molar-refractivity contribution is -0.116. The second-order valence-corrected chi connectivity index (χ2v) is 7.32. The number of hydrogen-bond acceptors (Lipinski definition) is 5. The van der Waals surface area contributed by atoms with E-state index in [-0.39, 0.29) is 11.8 Å². The van der Waals surface area contributed by atoms with Gasteiger partial charge in [0, 0.05) is 36.1 Å². The number of nitrogens with one attached hydrogen (secondary N) is 2. The second kappa shape index (κ2) is 7.86. The lowest BCUT2D eigenvalue weighted by Crippen LogP contribution is -2.30. The molecule has 1 heterocycles. The monoisotopic (exact) mass is 372 g/mol. The average Bonchev–Trinajstić information content (AvgIpc) is 3.31. The fourth-order valence-corrected chi connectivity index (χ4v) is 3.76. The van der Waals surface area contributed by atoms with Crippen LogP contribution in [0.4, 0.5) is 10.8 Å². The van der Waals surface area contributed by atoms with Gasteiger partial charge in [0.2, 0.25) is 5.91 Å². The van der Waals surface area contributed by atoms with Gasteiger partial charge in [-0.3, -0.25) is 14.5 Å². The third kappa shape index (κ3) is 4.22. The van der Waals surface area contributed by atoms with E-state index in [9.17, 15) is 9.59 Å². The maximum Gasteiger partial charge on any atom is 0.251 e. The molecule has 0 radical (unpaired) electrons. The standard InChI is InChI=1S/C19H24N4O2S/c1-4-20-18(25)14-5-8-17(12(2)9-14)21-10-15-11-26-19(22-15)23(13(3)24)16-6-7-16/h5,8-9,11,16,21H,4,6-7,10H2,1-3H3,(H,20,25). The SMILES string of the molecule is CCNC(=O)c1ccc(NCc2csc(N(C(C)=O)C3CC3)n2)c(C)c1. The van der Waals surface area contributed by atoms with Gasteiger partial charge in [-0.05, 0) is 50.5 Å². The van der Waals surface area contributed by atoms with E-state index in [2.05, 4.69) is 15.6 Å². The number of nitrogens with zero attached hydrogens (tertiary/aromatic N) is 2. The molecule has 2 aromatic rings. The summed E-state index contributed by atoms with van der Waals surface area (Å²) in [6.07, 6.45) is 2.12. The quantitative estimate of drug-likeness (QED) is 0.782. The highest BCUT2D eigenvalue weighted by atomic mass is 32.1. The first-order chi connectivity index (χ1) is 12.5. The molecule has 1 aliphatic rings. The van der Waals surface area contributed by atoms with Gasteiger partial charge in [0.05, 0.1) is 12.2 Å². The third-order valence-corrected chi connectivity index (χ3v) is 5.17. The molecule has 0 aliphatic heterocycles. The maximum absolute atomic E-state index is 11.9. The first-order valence-corrected chi connectivity index (χ1v) is 9.74. The van der Waals surface area contributed by atoms with Crippen molar-refractivity contribution in [3.8, 4) is 0 Å². The Morgan fingerprint density at radius 3 is 2.73 bits per heavy atom. The number of thiazole rings is 1. The molecular weight excluding hydrogens is 348 g/mol. The summed E-state index contributed by atoms with van der Waals surface area (Å²) in [4.78, 5) is 30.1. The van der Waals surface area contributed by atoms with Crippen LogP contribution in [0.15, 0.2) is 23.6 Å². The molecular formula is C19H24N4O2S. The summed E-state index contributed by atoms with van der Waals surface area (Å²) in [5, 5.41) is 8.93. The Morgan fingerprint density at radius 2 is 2.12 bits per heavy atom. The van der Waals surface area contributed by atoms with E-state index in [1.165, 1.54) is 11.3 Å². The van der Waals surface area contributed by atoms with Gasteiger partial charge in [0.25, 0.3) is 5.91 Å². The Morgan fingerprint density at radius 1 is 1.35 bits per heavy atom. The van der Waals surface area contributed by atoms with Gasteiger partial charge in [-0.1, -0.05) is 0 Å². The van der Waals surface area contributed by atoms with Crippen molar-refractivity contribution >= 4 is 34.0 Å². The Kier molecular flexibility index (Phi) is 5.56. The predicted molar refractivity (Wildman–Crippen MR) is 105 cm³/mol. The van der Waals surface area contributed by atoms with Crippen molar-refractivity contribution in [3.05, 3.63) is 40.4 Å². The Balaban J connectivity index is 1.64. The number of benzene rings is 1. The number of rotatable bonds is 7. The molecule has 26 heavy (non-hydrogen) atoms. The van der Waals surface area contributed by atoms with E-state index < -0.39 is 0 Å². The van der Waals surface area contributed by atoms with Crippen LogP contribution in [0.5, 0.6) is 0 Å². The highest BCUT2D eigenvalue weighted by Gasteiger charge is 2.33. The van der Waals surface area contributed by atoms with Crippen LogP contribution in [0.25, 0.3) is 0 Å². The van der Waals surface area contributed by atoms with Gasteiger partial charge in [-0.2, -0.15) is 0 Å². The first kappa shape index (κ1) is 18.4. The van der Waals surface area contributed by atoms with Gasteiger partial charge >= 0.3 is 0 Å². The molecule has 7 heteroatoms. The fraction of sp³-hybridized carbons (Fsp3) is 0.421. The zero-order valence-corrected chi connectivity index (χ0v) is 16.2. The molecule has 0 spiro atoms. The highest BCUT2D eigenvalue weighted by Crippen LogP contribution is 2.33. The van der Waals surface area contributed by atoms with Crippen LogP contribution >= 0.6 is 11.3 Å². The molecule has 3 rings (SSSR count). The minimum atomic E-state index is -0.0595. The Labute approximate surface area is 157 Å². The smallest absolute Gasteiger partial charge is 0.251 e. The molecule has 1 fully saturated rings. The van der Waals surface area contributed by atoms with Crippen molar-refractivity contribution in [2.45, 2.75) is 46.2 Å². The first-order valence-electron chi connectivity index (χ1n) is 8.86. The number of hydrogen-bond donors (Lipinski definition) is 2. The summed E-state index contributed by atoms with van der Waals surface area (Å²) in [5.41, 5.74) is 3.54. The normalized spacial score (nSPS) is 13.3. The van der Waals surface area contributed by atoms with Crippen LogP contribution in [-0.4, -0.2) is 29.4 Å². The number of carbonyl (C=O) groups is 2. The number of amides is 2. The van der Waals surface area contributed by atoms with E-state index in [0.29, 0.717) is 24.7 Å². The van der Waals surface area contributed by atoms with E-state index in [1.54, 1.807) is 11.8 Å². The molecule has 0 unspecified atom stereocenters. The zero-order valence-electron chi connectivity index (χ0n) is 15.3. The summed E-state index contributed by atoms with van der Waals surface area (Å²) in [6, 6.07) is 5.93. The maximum atomic E-state index is 11.9. The molecule has 2 amide bonds. The predicted octanol–water partition coefficient (Wildman–Crippen LogP) is 3.33. The minimum absolute atomic E-state index is 0.0538. The van der Waals surface area contributed by atoms with Crippen molar-refractivity contribution < 1.29 is 9.59 Å². The van der Waals surface area contributed by atoms with Gasteiger partial charge in [-0.15, -0.1) is 11.3 Å². The molecule has 6 nitrogen and oxygen atoms in total. The molecule has 0 saturated heterocycles. The lowest BCUT2D eigenvalue weighted by atomic mass is 10.1. The number of aromatic nitrogens is 1. The molecule has 0 bridgehead atoms. The van der Waals surface area contributed by atoms with E-state index in [1.807, 2.05) is 37.4 Å². The average molecular weight is 372 g/mol. The largest absolute Gasteiger partial charge is 0.379 e. The van der Waals surface area contributed by atoms with Crippen LogP contribution in [-0.2, 0) is 11.3 Å². The minimum Gasteiger partial charge on any atom is -0.379 e. The Hall–Kier alpha value is -2.41. The van der Waals surface area contributed by atoms with Gasteiger partial charge in [-0.25, -0.2) is 4.98 Å². The van der Waals surface area contributed by atoms with Gasteiger partial charge < -0.3 is 10.6 Å². The lowest BCUT2D eigenvalue weighted by Gasteiger charge is -2.16. The van der Waals surface area contributed by atoms with Crippen molar-refractivity contribution in [2.24, 2.45) is 0 Å². The van der Waals surface area contributed by atoms with E-state index in [4.69, 9.17) is 0 Å². The van der Waals surface area contributed by atoms with Crippen molar-refractivity contribution in [1.82, 2.24) is 10.3 Å². The van der Waals surface area contributed by atoms with E-state index >= 15 is 0 Å². The van der Waals surface area contributed by atoms with Crippen LogP contribution in [0.1, 0.15) is 48.3 Å². The van der Waals surface area contributed by atoms with Crippen LogP contribution < -0.4 is 15.5 Å². The summed E-state index contributed by atoms with van der Waals surface area (Å²) < 4.78 is 0. The molecule has 138 valence electrons. The molecule has 1 aliphatic carbocycles. The Bertz CT molecular complexity index is 814. The fourth-order valence-electron chi connectivity index (χ4n) is 2.82. The summed E-state index contributed by atoms with van der Waals surface area (Å²) in [7, 11) is 0. The van der Waals surface area contributed by atoms with E-state index in [0.717, 1.165) is 34.9 Å². The second-order valence-electron chi connectivity index (χ2n) is 6.48. The van der Waals surface area contributed by atoms with Crippen LogP contribution in [0, 0.1) is 6.92 Å². The van der Waals surface area contributed by atoms with Crippen molar-refractivity contribution in [3.63, 3.8) is 0 Å². The number of anilines is 2. The molecule has 0 atom stereocenters. The van der Waals surface area contributed by atoms with Crippen LogP contribution in [0.2, 0.25) is 0 Å². The molecule has 1 aromatic heterocycles. The highest BCUT2D eigenvalue weighted by molar-refractivity contribution is 7.14. The molecule has 1 aromatic carbocycles. The zero-order chi connectivity index (χ0) is 18.7. The summed E-state index contributed by atoms with van der Waals surface area (Å²) in [5.74, 6) is -0.00570. The molecule has 1 saturated carbocycles. The van der Waals surface area contributed by atoms with Gasteiger partial charge in [0.15, 0.2) is 5.13 Å². The third-order valence-electron chi connectivity index (χ3n) is 4.28. The van der Waals surface area contributed by atoms with Crippen LogP contribution in [0.3, 0.4) is 0 Å². The van der Waals surface area contributed by atoms with Crippen molar-refractivity contribution in [1.29, 1.82) is 0 Å². The number of aryl methyl sites for hydroxylation is 1. The van der Waals surface area contributed by atoms with Gasteiger partial charge in [0.1, 0.15) is 0 Å². The summed E-state index contributed by atoms with van der Waals surface area (Å²) >= 11 is 1.51. The number of carbonyl (C=O) groups excluding carboxylic acids is 2. The van der Waals surface area contributed by atoms with Crippen molar-refractivity contribution in [2.75, 3.05) is 16.8 Å². The summed E-state index contributed by atoms with van der Waals surface area (Å²) in [6.45, 7) is 6.66. The molecule has 2 N–H and O–H groups in total. The topological polar surface area (TPSA) is 74.3 Å².